The van der Waals surface area contributed by atoms with Crippen LogP contribution in [0, 0.1) is 0 Å². The van der Waals surface area contributed by atoms with Crippen LogP contribution in [0.3, 0.4) is 0 Å². The zero-order valence-corrected chi connectivity index (χ0v) is 9.39. The van der Waals surface area contributed by atoms with Gasteiger partial charge >= 0.3 is 0 Å². The zero-order chi connectivity index (χ0) is 11.4. The van der Waals surface area contributed by atoms with Gasteiger partial charge in [0.15, 0.2) is 0 Å². The Morgan fingerprint density at radius 2 is 2.19 bits per heavy atom. The summed E-state index contributed by atoms with van der Waals surface area (Å²) >= 11 is 0. The van der Waals surface area contributed by atoms with Crippen molar-refractivity contribution in [1.82, 2.24) is 9.97 Å². The van der Waals surface area contributed by atoms with Gasteiger partial charge in [-0.3, -0.25) is 0 Å². The quantitative estimate of drug-likeness (QED) is 0.806. The Morgan fingerprint density at radius 3 is 2.94 bits per heavy atom. The Morgan fingerprint density at radius 1 is 1.38 bits per heavy atom. The van der Waals surface area contributed by atoms with E-state index < -0.39 is 0 Å². The number of nitrogens with zero attached hydrogens (tertiary/aromatic N) is 2. The highest BCUT2D eigenvalue weighted by Crippen LogP contribution is 2.22. The van der Waals surface area contributed by atoms with Gasteiger partial charge in [0, 0.05) is 6.07 Å². The number of aliphatic hydroxyl groups is 1. The largest absolute Gasteiger partial charge is 0.481 e. The van der Waals surface area contributed by atoms with Crippen molar-refractivity contribution in [2.45, 2.75) is 37.8 Å². The van der Waals surface area contributed by atoms with Crippen molar-refractivity contribution in [3.8, 4) is 5.88 Å². The average molecular weight is 223 g/mol. The van der Waals surface area contributed by atoms with E-state index in [-0.39, 0.29) is 12.1 Å². The van der Waals surface area contributed by atoms with Crippen LogP contribution in [-0.4, -0.2) is 34.3 Å². The van der Waals surface area contributed by atoms with E-state index in [1.54, 1.807) is 13.2 Å². The highest BCUT2D eigenvalue weighted by atomic mass is 16.5. The maximum absolute atomic E-state index is 9.82. The summed E-state index contributed by atoms with van der Waals surface area (Å²) in [6.07, 6.45) is 5.27. The monoisotopic (exact) mass is 223 g/mol. The van der Waals surface area contributed by atoms with Gasteiger partial charge in [0.05, 0.1) is 19.3 Å². The highest BCUT2D eigenvalue weighted by Gasteiger charge is 2.23. The molecule has 0 bridgehead atoms. The van der Waals surface area contributed by atoms with Gasteiger partial charge in [-0.2, -0.15) is 0 Å². The maximum atomic E-state index is 9.82. The second kappa shape index (κ2) is 5.12. The Bertz CT molecular complexity index is 346. The van der Waals surface area contributed by atoms with Gasteiger partial charge in [0.2, 0.25) is 5.88 Å². The SMILES string of the molecule is COc1cc(NC2CCCCC2O)ncn1. The molecule has 5 heteroatoms. The van der Waals surface area contributed by atoms with Crippen LogP contribution in [0.2, 0.25) is 0 Å². The van der Waals surface area contributed by atoms with E-state index in [0.29, 0.717) is 11.7 Å². The molecule has 5 nitrogen and oxygen atoms in total. The molecule has 1 saturated carbocycles. The molecule has 0 radical (unpaired) electrons. The van der Waals surface area contributed by atoms with Crippen LogP contribution in [0.4, 0.5) is 5.82 Å². The van der Waals surface area contributed by atoms with Gasteiger partial charge in [-0.25, -0.2) is 9.97 Å². The second-order valence-electron chi connectivity index (χ2n) is 4.05. The van der Waals surface area contributed by atoms with Crippen molar-refractivity contribution in [3.63, 3.8) is 0 Å². The summed E-state index contributed by atoms with van der Waals surface area (Å²) in [5.74, 6) is 1.24. The van der Waals surface area contributed by atoms with Crippen molar-refractivity contribution in [2.75, 3.05) is 12.4 Å². The molecule has 16 heavy (non-hydrogen) atoms. The molecule has 2 rings (SSSR count). The van der Waals surface area contributed by atoms with Crippen LogP contribution in [0.15, 0.2) is 12.4 Å². The normalized spacial score (nSPS) is 25.1. The van der Waals surface area contributed by atoms with Gasteiger partial charge < -0.3 is 15.2 Å². The molecule has 2 unspecified atom stereocenters. The van der Waals surface area contributed by atoms with E-state index in [0.717, 1.165) is 25.7 Å². The first-order valence-corrected chi connectivity index (χ1v) is 5.60. The summed E-state index contributed by atoms with van der Waals surface area (Å²) in [5.41, 5.74) is 0. The molecule has 0 spiro atoms. The van der Waals surface area contributed by atoms with Crippen LogP contribution in [0.25, 0.3) is 0 Å². The number of hydrogen-bond acceptors (Lipinski definition) is 5. The minimum absolute atomic E-state index is 0.0911. The summed E-state index contributed by atoms with van der Waals surface area (Å²) in [7, 11) is 1.57. The molecule has 1 aromatic heterocycles. The molecular formula is C11H17N3O2. The number of rotatable bonds is 3. The molecule has 1 aliphatic rings. The fourth-order valence-corrected chi connectivity index (χ4v) is 2.00. The molecule has 1 aromatic rings. The third kappa shape index (κ3) is 2.61. The van der Waals surface area contributed by atoms with Crippen LogP contribution in [0.1, 0.15) is 25.7 Å². The average Bonchev–Trinajstić information content (AvgIpc) is 2.32. The van der Waals surface area contributed by atoms with Gasteiger partial charge in [-0.15, -0.1) is 0 Å². The highest BCUT2D eigenvalue weighted by molar-refractivity contribution is 5.38. The van der Waals surface area contributed by atoms with Gasteiger partial charge in [-0.05, 0) is 12.8 Å². The molecular weight excluding hydrogens is 206 g/mol. The van der Waals surface area contributed by atoms with Gasteiger partial charge in [0.1, 0.15) is 12.1 Å². The minimum atomic E-state index is -0.283. The van der Waals surface area contributed by atoms with E-state index in [1.807, 2.05) is 0 Å². The molecule has 0 aromatic carbocycles. The van der Waals surface area contributed by atoms with Crippen molar-refractivity contribution < 1.29 is 9.84 Å². The lowest BCUT2D eigenvalue weighted by Crippen LogP contribution is -2.36. The number of ether oxygens (including phenoxy) is 1. The summed E-state index contributed by atoms with van der Waals surface area (Å²) in [4.78, 5) is 8.04. The molecule has 88 valence electrons. The topological polar surface area (TPSA) is 67.3 Å². The third-order valence-electron chi connectivity index (χ3n) is 2.91. The number of aromatic nitrogens is 2. The first-order valence-electron chi connectivity index (χ1n) is 5.60. The van der Waals surface area contributed by atoms with E-state index in [1.165, 1.54) is 6.33 Å². The number of methoxy groups -OCH3 is 1. The van der Waals surface area contributed by atoms with Crippen molar-refractivity contribution in [1.29, 1.82) is 0 Å². The summed E-state index contributed by atoms with van der Waals surface area (Å²) in [5, 5.41) is 13.0. The van der Waals surface area contributed by atoms with Crippen molar-refractivity contribution in [2.24, 2.45) is 0 Å². The first-order chi connectivity index (χ1) is 7.79. The van der Waals surface area contributed by atoms with Crippen molar-refractivity contribution >= 4 is 5.82 Å². The summed E-state index contributed by atoms with van der Waals surface area (Å²) in [6, 6.07) is 1.83. The molecule has 1 heterocycles. The van der Waals surface area contributed by atoms with E-state index in [9.17, 15) is 5.11 Å². The fourth-order valence-electron chi connectivity index (χ4n) is 2.00. The molecule has 0 saturated heterocycles. The van der Waals surface area contributed by atoms with E-state index in [4.69, 9.17) is 4.74 Å². The van der Waals surface area contributed by atoms with Gasteiger partial charge in [0.25, 0.3) is 0 Å². The second-order valence-corrected chi connectivity index (χ2v) is 4.05. The predicted octanol–water partition coefficient (Wildman–Crippen LogP) is 1.20. The van der Waals surface area contributed by atoms with Crippen LogP contribution < -0.4 is 10.1 Å². The third-order valence-corrected chi connectivity index (χ3v) is 2.91. The molecule has 0 aliphatic heterocycles. The van der Waals surface area contributed by atoms with Gasteiger partial charge in [-0.1, -0.05) is 12.8 Å². The summed E-state index contributed by atoms with van der Waals surface area (Å²) in [6.45, 7) is 0. The Kier molecular flexibility index (Phi) is 3.56. The fraction of sp³-hybridized carbons (Fsp3) is 0.636. The van der Waals surface area contributed by atoms with Crippen LogP contribution >= 0.6 is 0 Å². The lowest BCUT2D eigenvalue weighted by atomic mass is 9.93. The molecule has 2 N–H and O–H groups in total. The Hall–Kier alpha value is -1.36. The number of aliphatic hydroxyl groups excluding tert-OH is 1. The number of nitrogens with one attached hydrogen (secondary N) is 1. The Labute approximate surface area is 94.9 Å². The van der Waals surface area contributed by atoms with E-state index >= 15 is 0 Å². The molecule has 1 fully saturated rings. The summed E-state index contributed by atoms with van der Waals surface area (Å²) < 4.78 is 5.02. The molecule has 2 atom stereocenters. The first kappa shape index (κ1) is 11.1. The lowest BCUT2D eigenvalue weighted by Gasteiger charge is -2.28. The number of anilines is 1. The predicted molar refractivity (Wildman–Crippen MR) is 60.5 cm³/mol. The molecule has 1 aliphatic carbocycles. The van der Waals surface area contributed by atoms with E-state index in [2.05, 4.69) is 15.3 Å². The Balaban J connectivity index is 2.01. The smallest absolute Gasteiger partial charge is 0.218 e. The lowest BCUT2D eigenvalue weighted by molar-refractivity contribution is 0.116. The zero-order valence-electron chi connectivity index (χ0n) is 9.39. The van der Waals surface area contributed by atoms with Crippen LogP contribution in [-0.2, 0) is 0 Å². The minimum Gasteiger partial charge on any atom is -0.481 e. The molecule has 0 amide bonds. The van der Waals surface area contributed by atoms with Crippen LogP contribution in [0.5, 0.6) is 5.88 Å². The maximum Gasteiger partial charge on any atom is 0.218 e. The number of hydrogen-bond donors (Lipinski definition) is 2. The standard InChI is InChI=1S/C11H17N3O2/c1-16-11-6-10(12-7-13-11)14-8-4-2-3-5-9(8)15/h6-9,15H,2-5H2,1H3,(H,12,13,14). The van der Waals surface area contributed by atoms with Crippen molar-refractivity contribution in [3.05, 3.63) is 12.4 Å².